The third-order valence-electron chi connectivity index (χ3n) is 3.93. The first-order valence-electron chi connectivity index (χ1n) is 7.64. The average molecular weight is 340 g/mol. The summed E-state index contributed by atoms with van der Waals surface area (Å²) in [6, 6.07) is 4.34. The summed E-state index contributed by atoms with van der Waals surface area (Å²) in [5, 5.41) is 9.87. The van der Waals surface area contributed by atoms with Crippen LogP contribution in [0.5, 0.6) is 0 Å². The summed E-state index contributed by atoms with van der Waals surface area (Å²) in [5.74, 6) is -0.507. The Morgan fingerprint density at radius 1 is 1.33 bits per heavy atom. The topological polar surface area (TPSA) is 46.5 Å². The minimum Gasteiger partial charge on any atom is -0.459 e. The first-order valence-corrected chi connectivity index (χ1v) is 7.64. The lowest BCUT2D eigenvalue weighted by Gasteiger charge is -2.18. The van der Waals surface area contributed by atoms with Crippen molar-refractivity contribution < 1.29 is 27.8 Å². The van der Waals surface area contributed by atoms with Gasteiger partial charge >= 0.3 is 12.1 Å². The van der Waals surface area contributed by atoms with E-state index in [1.165, 1.54) is 12.1 Å². The molecule has 1 unspecified atom stereocenters. The molecule has 130 valence electrons. The van der Waals surface area contributed by atoms with Gasteiger partial charge in [-0.2, -0.15) is 13.2 Å². The van der Waals surface area contributed by atoms with Gasteiger partial charge in [-0.15, -0.1) is 0 Å². The highest BCUT2D eigenvalue weighted by molar-refractivity contribution is 5.75. The molecular weight excluding hydrogens is 321 g/mol. The second kappa shape index (κ2) is 7.66. The summed E-state index contributed by atoms with van der Waals surface area (Å²) in [7, 11) is 0. The molecule has 1 N–H and O–H groups in total. The highest BCUT2D eigenvalue weighted by Gasteiger charge is 2.30. The van der Waals surface area contributed by atoms with Gasteiger partial charge < -0.3 is 9.84 Å². The number of esters is 1. The number of allylic oxidation sites excluding steroid dienone is 3. The van der Waals surface area contributed by atoms with Gasteiger partial charge in [-0.05, 0) is 35.6 Å². The smallest absolute Gasteiger partial charge is 0.416 e. The van der Waals surface area contributed by atoms with Crippen molar-refractivity contribution in [1.82, 2.24) is 0 Å². The number of alkyl halides is 3. The number of aliphatic hydroxyl groups excluding tert-OH is 1. The van der Waals surface area contributed by atoms with E-state index >= 15 is 0 Å². The number of hydrogen-bond acceptors (Lipinski definition) is 3. The highest BCUT2D eigenvalue weighted by atomic mass is 19.4. The summed E-state index contributed by atoms with van der Waals surface area (Å²) in [6.45, 7) is 2.12. The maximum absolute atomic E-state index is 12.5. The summed E-state index contributed by atoms with van der Waals surface area (Å²) in [6.07, 6.45) is 0.760. The Hall–Kier alpha value is -2.08. The molecule has 2 atom stereocenters. The number of ether oxygens (including phenoxy) is 1. The van der Waals surface area contributed by atoms with Crippen LogP contribution in [-0.4, -0.2) is 23.8 Å². The first kappa shape index (κ1) is 18.3. The molecule has 1 aliphatic rings. The fraction of sp³-hybridized carbons (Fsp3) is 0.389. The predicted molar refractivity (Wildman–Crippen MR) is 83.1 cm³/mol. The zero-order valence-corrected chi connectivity index (χ0v) is 13.2. The van der Waals surface area contributed by atoms with Crippen molar-refractivity contribution in [2.45, 2.75) is 32.0 Å². The third kappa shape index (κ3) is 4.96. The Balaban J connectivity index is 1.87. The van der Waals surface area contributed by atoms with Gasteiger partial charge in [-0.25, -0.2) is 4.79 Å². The maximum atomic E-state index is 12.5. The number of rotatable bonds is 5. The molecule has 1 aromatic carbocycles. The number of hydrogen-bond donors (Lipinski definition) is 1. The van der Waals surface area contributed by atoms with Crippen molar-refractivity contribution in [2.75, 3.05) is 6.61 Å². The number of carbonyl (C=O) groups is 1. The van der Waals surface area contributed by atoms with Gasteiger partial charge in [0.25, 0.3) is 0 Å². The van der Waals surface area contributed by atoms with Crippen molar-refractivity contribution in [3.8, 4) is 0 Å². The lowest BCUT2D eigenvalue weighted by Crippen LogP contribution is -2.26. The van der Waals surface area contributed by atoms with Crippen LogP contribution in [0, 0.1) is 5.92 Å². The van der Waals surface area contributed by atoms with E-state index < -0.39 is 23.8 Å². The van der Waals surface area contributed by atoms with E-state index in [1.54, 1.807) is 0 Å². The predicted octanol–water partition coefficient (Wildman–Crippen LogP) is 3.67. The molecular formula is C18H19F3O3. The molecule has 0 bridgehead atoms. The molecule has 6 heteroatoms. The van der Waals surface area contributed by atoms with E-state index in [1.807, 2.05) is 25.2 Å². The zero-order chi connectivity index (χ0) is 17.7. The standard InChI is InChI=1S/C18H19F3O3/c1-12-4-2-3-5-14(12)11-24-17(23)16(22)10-13-6-8-15(9-7-13)18(19,20)21/h2-3,5-9,12,16,22H,4,10-11H2,1H3/t12?,16-/m1/s1. The van der Waals surface area contributed by atoms with Crippen molar-refractivity contribution in [3.05, 3.63) is 59.2 Å². The highest BCUT2D eigenvalue weighted by Crippen LogP contribution is 2.29. The van der Waals surface area contributed by atoms with Crippen molar-refractivity contribution in [2.24, 2.45) is 5.92 Å². The molecule has 0 heterocycles. The summed E-state index contributed by atoms with van der Waals surface area (Å²) in [4.78, 5) is 11.8. The third-order valence-corrected chi connectivity index (χ3v) is 3.93. The van der Waals surface area contributed by atoms with Crippen LogP contribution in [0.3, 0.4) is 0 Å². The Bertz CT molecular complexity index is 630. The van der Waals surface area contributed by atoms with Crippen LogP contribution < -0.4 is 0 Å². The van der Waals surface area contributed by atoms with Gasteiger partial charge in [0.05, 0.1) is 5.56 Å². The van der Waals surface area contributed by atoms with E-state index in [0.717, 1.165) is 24.1 Å². The molecule has 0 amide bonds. The fourth-order valence-electron chi connectivity index (χ4n) is 2.37. The molecule has 1 aliphatic carbocycles. The largest absolute Gasteiger partial charge is 0.459 e. The van der Waals surface area contributed by atoms with Crippen LogP contribution >= 0.6 is 0 Å². The van der Waals surface area contributed by atoms with Crippen LogP contribution in [0.2, 0.25) is 0 Å². The summed E-state index contributed by atoms with van der Waals surface area (Å²) < 4.78 is 42.5. The van der Waals surface area contributed by atoms with Crippen molar-refractivity contribution in [1.29, 1.82) is 0 Å². The number of carbonyl (C=O) groups excluding carboxylic acids is 1. The average Bonchev–Trinajstić information content (AvgIpc) is 2.53. The molecule has 0 aromatic heterocycles. The maximum Gasteiger partial charge on any atom is 0.416 e. The van der Waals surface area contributed by atoms with E-state index in [2.05, 4.69) is 0 Å². The van der Waals surface area contributed by atoms with Gasteiger partial charge in [0.2, 0.25) is 0 Å². The molecule has 0 radical (unpaired) electrons. The van der Waals surface area contributed by atoms with Crippen molar-refractivity contribution in [3.63, 3.8) is 0 Å². The Morgan fingerprint density at radius 2 is 2.00 bits per heavy atom. The second-order valence-corrected chi connectivity index (χ2v) is 5.83. The second-order valence-electron chi connectivity index (χ2n) is 5.83. The number of halogens is 3. The quantitative estimate of drug-likeness (QED) is 0.832. The minimum atomic E-state index is -4.41. The molecule has 0 fully saturated rings. The lowest BCUT2D eigenvalue weighted by atomic mass is 9.94. The Morgan fingerprint density at radius 3 is 2.58 bits per heavy atom. The van der Waals surface area contributed by atoms with Crippen molar-refractivity contribution >= 4 is 5.97 Å². The van der Waals surface area contributed by atoms with Gasteiger partial charge in [0, 0.05) is 6.42 Å². The van der Waals surface area contributed by atoms with Crippen LogP contribution in [-0.2, 0) is 22.1 Å². The zero-order valence-electron chi connectivity index (χ0n) is 13.2. The first-order chi connectivity index (χ1) is 11.3. The van der Waals surface area contributed by atoms with E-state index in [4.69, 9.17) is 4.74 Å². The minimum absolute atomic E-state index is 0.0918. The molecule has 2 rings (SSSR count). The SMILES string of the molecule is CC1CC=CC=C1COC(=O)[C@H](O)Cc1ccc(C(F)(F)F)cc1. The summed E-state index contributed by atoms with van der Waals surface area (Å²) >= 11 is 0. The normalized spacial score (nSPS) is 18.9. The van der Waals surface area contributed by atoms with Crippen LogP contribution in [0.4, 0.5) is 13.2 Å². The Kier molecular flexibility index (Phi) is 5.83. The van der Waals surface area contributed by atoms with Gasteiger partial charge in [0.15, 0.2) is 6.10 Å². The molecule has 24 heavy (non-hydrogen) atoms. The number of benzene rings is 1. The molecule has 0 aliphatic heterocycles. The molecule has 0 saturated carbocycles. The van der Waals surface area contributed by atoms with E-state index in [9.17, 15) is 23.1 Å². The van der Waals surface area contributed by atoms with Gasteiger partial charge in [-0.1, -0.05) is 37.3 Å². The van der Waals surface area contributed by atoms with Gasteiger partial charge in [0.1, 0.15) is 6.61 Å². The monoisotopic (exact) mass is 340 g/mol. The van der Waals surface area contributed by atoms with E-state index in [-0.39, 0.29) is 18.9 Å². The van der Waals surface area contributed by atoms with E-state index in [0.29, 0.717) is 5.56 Å². The van der Waals surface area contributed by atoms with Crippen LogP contribution in [0.15, 0.2) is 48.1 Å². The number of aliphatic hydroxyl groups is 1. The molecule has 1 aromatic rings. The Labute approximate surface area is 138 Å². The summed E-state index contributed by atoms with van der Waals surface area (Å²) in [5.41, 5.74) is 0.628. The molecule has 0 spiro atoms. The lowest BCUT2D eigenvalue weighted by molar-refractivity contribution is -0.152. The molecule has 0 saturated heterocycles. The van der Waals surface area contributed by atoms with Crippen LogP contribution in [0.1, 0.15) is 24.5 Å². The molecule has 3 nitrogen and oxygen atoms in total. The van der Waals surface area contributed by atoms with Crippen LogP contribution in [0.25, 0.3) is 0 Å². The van der Waals surface area contributed by atoms with Gasteiger partial charge in [-0.3, -0.25) is 0 Å². The fourth-order valence-corrected chi connectivity index (χ4v) is 2.37.